The molecule has 0 spiro atoms. The summed E-state index contributed by atoms with van der Waals surface area (Å²) in [4.78, 5) is 32.2. The highest BCUT2D eigenvalue weighted by atomic mass is 32.2. The zero-order valence-electron chi connectivity index (χ0n) is 27.8. The fourth-order valence-corrected chi connectivity index (χ4v) is 8.48. The summed E-state index contributed by atoms with van der Waals surface area (Å²) in [5.74, 6) is -0.0671. The Kier molecular flexibility index (Phi) is 9.58. The molecule has 2 aromatic heterocycles. The molecule has 5 heterocycles. The monoisotopic (exact) mass is 683 g/mol. The Morgan fingerprint density at radius 2 is 1.88 bits per heavy atom. The molecule has 0 unspecified atom stereocenters. The zero-order valence-corrected chi connectivity index (χ0v) is 28.6. The van der Waals surface area contributed by atoms with E-state index in [1.165, 1.54) is 13.4 Å². The van der Waals surface area contributed by atoms with Crippen molar-refractivity contribution in [2.45, 2.75) is 57.3 Å². The molecule has 3 saturated heterocycles. The number of rotatable bonds is 10. The molecular formula is C34H43F2N7O4S. The molecule has 0 saturated carbocycles. The number of pyridine rings is 1. The second-order valence-corrected chi connectivity index (χ2v) is 15.7. The highest BCUT2D eigenvalue weighted by Crippen LogP contribution is 2.45. The van der Waals surface area contributed by atoms with E-state index in [2.05, 4.69) is 46.7 Å². The lowest BCUT2D eigenvalue weighted by molar-refractivity contribution is -0.129. The van der Waals surface area contributed by atoms with Crippen molar-refractivity contribution in [2.24, 2.45) is 5.92 Å². The summed E-state index contributed by atoms with van der Waals surface area (Å²) in [5, 5.41) is 5.13. The summed E-state index contributed by atoms with van der Waals surface area (Å²) in [6, 6.07) is 5.43. The molecule has 1 amide bonds. The number of carbonyl (C=O) groups is 1. The van der Waals surface area contributed by atoms with Crippen molar-refractivity contribution in [3.63, 3.8) is 0 Å². The Morgan fingerprint density at radius 3 is 2.54 bits per heavy atom. The van der Waals surface area contributed by atoms with Gasteiger partial charge >= 0.3 is 0 Å². The number of ether oxygens (including phenoxy) is 1. The van der Waals surface area contributed by atoms with Gasteiger partial charge in [0.15, 0.2) is 5.83 Å². The number of anilines is 4. The molecule has 3 aliphatic rings. The van der Waals surface area contributed by atoms with Crippen LogP contribution in [0.5, 0.6) is 0 Å². The number of methoxy groups -OCH3 is 1. The fourth-order valence-electron chi connectivity index (χ4n) is 7.41. The zero-order chi connectivity index (χ0) is 34.3. The third-order valence-corrected chi connectivity index (χ3v) is 10.6. The second kappa shape index (κ2) is 13.5. The van der Waals surface area contributed by atoms with Gasteiger partial charge in [-0.25, -0.2) is 27.2 Å². The summed E-state index contributed by atoms with van der Waals surface area (Å²) in [7, 11) is -1.60. The Hall–Kier alpha value is -3.91. The first kappa shape index (κ1) is 34.0. The van der Waals surface area contributed by atoms with Gasteiger partial charge in [-0.05, 0) is 59.9 Å². The van der Waals surface area contributed by atoms with Crippen LogP contribution in [0.25, 0.3) is 10.8 Å². The van der Waals surface area contributed by atoms with Crippen LogP contribution in [0, 0.1) is 5.92 Å². The number of fused-ring (bicyclic) bond motifs is 1. The highest BCUT2D eigenvalue weighted by molar-refractivity contribution is 7.90. The third-order valence-electron chi connectivity index (χ3n) is 9.56. The number of alkyl halides is 1. The van der Waals surface area contributed by atoms with Gasteiger partial charge in [0.25, 0.3) is 5.91 Å². The lowest BCUT2D eigenvalue weighted by Crippen LogP contribution is -2.49. The molecular weight excluding hydrogens is 640 g/mol. The van der Waals surface area contributed by atoms with Crippen LogP contribution in [0.15, 0.2) is 43.0 Å². The molecule has 258 valence electrons. The van der Waals surface area contributed by atoms with Gasteiger partial charge in [0.2, 0.25) is 5.95 Å². The average Bonchev–Trinajstić information content (AvgIpc) is 3.51. The molecule has 3 fully saturated rings. The maximum Gasteiger partial charge on any atom is 0.282 e. The molecule has 3 aliphatic heterocycles. The molecule has 6 rings (SSSR count). The van der Waals surface area contributed by atoms with Gasteiger partial charge in [-0.3, -0.25) is 4.79 Å². The number of halogens is 2. The number of carbonyl (C=O) groups excluding carboxylic acids is 1. The molecule has 14 heteroatoms. The molecule has 0 aliphatic carbocycles. The molecule has 0 bridgehead atoms. The maximum atomic E-state index is 14.6. The minimum atomic E-state index is -3.12. The van der Waals surface area contributed by atoms with Crippen LogP contribution in [0.3, 0.4) is 0 Å². The minimum absolute atomic E-state index is 0.0107. The smallest absolute Gasteiger partial charge is 0.282 e. The molecule has 11 nitrogen and oxygen atoms in total. The Labute approximate surface area is 280 Å². The van der Waals surface area contributed by atoms with Crippen LogP contribution in [-0.4, -0.2) is 98.3 Å². The predicted octanol–water partition coefficient (Wildman–Crippen LogP) is 5.08. The van der Waals surface area contributed by atoms with Gasteiger partial charge in [0.1, 0.15) is 27.6 Å². The standard InChI is InChI=1S/C34H43F2N7O4S/c1-20(2)32-23-14-31(39-30-8-10-37-34(40-30)41-12-9-29(47-4)26(36)18-41)38-15-25(23)28(42-16-22(17-42)19-48(5,45)46)13-24(32)27-7-6-11-43(27)33(44)21(3)35/h8,10,13-15,20,22,26-27,29H,3,6-7,9,11-12,16-19H2,1-2,4-5H3,(H,37,38,39,40)/t26-,27+,29+/m0/s1. The molecule has 1 N–H and O–H groups in total. The molecule has 1 aromatic carbocycles. The van der Waals surface area contributed by atoms with Crippen molar-refractivity contribution in [2.75, 3.05) is 67.0 Å². The fraction of sp³-hybridized carbons (Fsp3) is 0.529. The molecule has 0 radical (unpaired) electrons. The van der Waals surface area contributed by atoms with Crippen molar-refractivity contribution in [3.8, 4) is 0 Å². The number of nitrogens with one attached hydrogen (secondary N) is 1. The normalized spacial score (nSPS) is 22.0. The van der Waals surface area contributed by atoms with Crippen molar-refractivity contribution in [1.29, 1.82) is 0 Å². The largest absolute Gasteiger partial charge is 0.378 e. The van der Waals surface area contributed by atoms with Crippen LogP contribution in [-0.2, 0) is 19.4 Å². The van der Waals surface area contributed by atoms with Crippen molar-refractivity contribution >= 4 is 49.8 Å². The number of piperidine rings is 1. The summed E-state index contributed by atoms with van der Waals surface area (Å²) >= 11 is 0. The van der Waals surface area contributed by atoms with Crippen LogP contribution in [0.2, 0.25) is 0 Å². The first-order valence-corrected chi connectivity index (χ1v) is 18.5. The molecule has 3 atom stereocenters. The number of amides is 1. The van der Waals surface area contributed by atoms with Crippen molar-refractivity contribution < 1.29 is 26.7 Å². The Bertz CT molecular complexity index is 1820. The van der Waals surface area contributed by atoms with Crippen LogP contribution < -0.4 is 15.1 Å². The SMILES string of the molecule is C=C(F)C(=O)N1CCC[C@@H]1c1cc(N2CC(CS(C)(=O)=O)C2)c2cnc(Nc3ccnc(N4CC[C@@H](OC)[C@@H](F)C4)n3)cc2c1C(C)C. The number of benzene rings is 1. The van der Waals surface area contributed by atoms with Crippen molar-refractivity contribution in [3.05, 3.63) is 54.1 Å². The maximum absolute atomic E-state index is 14.6. The Balaban J connectivity index is 1.38. The van der Waals surface area contributed by atoms with E-state index >= 15 is 0 Å². The number of sulfone groups is 1. The number of hydrogen-bond acceptors (Lipinski definition) is 10. The molecule has 3 aromatic rings. The van der Waals surface area contributed by atoms with E-state index in [-0.39, 0.29) is 30.2 Å². The first-order chi connectivity index (χ1) is 22.8. The van der Waals surface area contributed by atoms with E-state index in [9.17, 15) is 22.0 Å². The number of nitrogens with zero attached hydrogens (tertiary/aromatic N) is 6. The van der Waals surface area contributed by atoms with Crippen LogP contribution >= 0.6 is 0 Å². The van der Waals surface area contributed by atoms with E-state index in [1.54, 1.807) is 28.3 Å². The lowest BCUT2D eigenvalue weighted by atomic mass is 9.85. The van der Waals surface area contributed by atoms with E-state index in [4.69, 9.17) is 9.72 Å². The minimum Gasteiger partial charge on any atom is -0.378 e. The first-order valence-electron chi connectivity index (χ1n) is 16.4. The summed E-state index contributed by atoms with van der Waals surface area (Å²) < 4.78 is 58.0. The second-order valence-electron chi connectivity index (χ2n) is 13.5. The number of aromatic nitrogens is 3. The summed E-state index contributed by atoms with van der Waals surface area (Å²) in [6.07, 6.45) is 5.04. The third kappa shape index (κ3) is 6.95. The summed E-state index contributed by atoms with van der Waals surface area (Å²) in [6.45, 7) is 9.73. The number of hydrogen-bond donors (Lipinski definition) is 1. The topological polar surface area (TPSA) is 121 Å². The van der Waals surface area contributed by atoms with Gasteiger partial charge in [-0.1, -0.05) is 20.4 Å². The van der Waals surface area contributed by atoms with E-state index in [0.29, 0.717) is 56.6 Å². The van der Waals surface area contributed by atoms with Crippen LogP contribution in [0.1, 0.15) is 56.2 Å². The van der Waals surface area contributed by atoms with Gasteiger partial charge < -0.3 is 24.8 Å². The number of likely N-dealkylation sites (tertiary alicyclic amines) is 1. The van der Waals surface area contributed by atoms with E-state index < -0.39 is 33.8 Å². The van der Waals surface area contributed by atoms with E-state index in [1.807, 2.05) is 6.07 Å². The predicted molar refractivity (Wildman–Crippen MR) is 183 cm³/mol. The van der Waals surface area contributed by atoms with Gasteiger partial charge in [0, 0.05) is 68.9 Å². The Morgan fingerprint density at radius 1 is 1.10 bits per heavy atom. The van der Waals surface area contributed by atoms with Gasteiger partial charge in [-0.2, -0.15) is 4.98 Å². The quantitative estimate of drug-likeness (QED) is 0.290. The lowest BCUT2D eigenvalue weighted by Gasteiger charge is -2.42. The van der Waals surface area contributed by atoms with Crippen LogP contribution in [0.4, 0.5) is 32.1 Å². The highest BCUT2D eigenvalue weighted by Gasteiger charge is 2.37. The van der Waals surface area contributed by atoms with E-state index in [0.717, 1.165) is 34.0 Å². The summed E-state index contributed by atoms with van der Waals surface area (Å²) in [5.41, 5.74) is 2.86. The van der Waals surface area contributed by atoms with Crippen molar-refractivity contribution in [1.82, 2.24) is 19.9 Å². The molecule has 48 heavy (non-hydrogen) atoms. The van der Waals surface area contributed by atoms with Gasteiger partial charge in [0.05, 0.1) is 24.4 Å². The average molecular weight is 684 g/mol. The van der Waals surface area contributed by atoms with Gasteiger partial charge in [-0.15, -0.1) is 0 Å².